The first kappa shape index (κ1) is 16.4. The van der Waals surface area contributed by atoms with E-state index in [-0.39, 0.29) is 5.91 Å². The normalized spacial score (nSPS) is 14.5. The van der Waals surface area contributed by atoms with Crippen LogP contribution in [0.3, 0.4) is 0 Å². The summed E-state index contributed by atoms with van der Waals surface area (Å²) in [4.78, 5) is 21.4. The number of carbonyl (C=O) groups excluding carboxylic acids is 1. The molecule has 26 heavy (non-hydrogen) atoms. The van der Waals surface area contributed by atoms with Crippen LogP contribution >= 0.6 is 0 Å². The first-order valence-corrected chi connectivity index (χ1v) is 8.77. The van der Waals surface area contributed by atoms with Crippen molar-refractivity contribution in [2.45, 2.75) is 0 Å². The van der Waals surface area contributed by atoms with E-state index in [0.717, 1.165) is 40.9 Å². The second-order valence-electron chi connectivity index (χ2n) is 6.38. The molecule has 1 aromatic heterocycles. The number of hydrogen-bond donors (Lipinski definition) is 0. The molecule has 2 aromatic carbocycles. The molecule has 1 saturated heterocycles. The maximum absolute atomic E-state index is 13.0. The summed E-state index contributed by atoms with van der Waals surface area (Å²) >= 11 is 0. The zero-order chi connectivity index (χ0) is 17.9. The molecule has 0 radical (unpaired) electrons. The summed E-state index contributed by atoms with van der Waals surface area (Å²) in [5, 5.41) is 1.96. The van der Waals surface area contributed by atoms with Crippen LogP contribution in [0.4, 0.5) is 5.69 Å². The Bertz CT molecular complexity index is 911. The Hall–Kier alpha value is -3.08. The molecule has 0 aliphatic carbocycles. The predicted octanol–water partition coefficient (Wildman–Crippen LogP) is 3.21. The van der Waals surface area contributed by atoms with Crippen LogP contribution in [0.2, 0.25) is 0 Å². The average molecular weight is 347 g/mol. The van der Waals surface area contributed by atoms with Crippen molar-refractivity contribution in [3.05, 3.63) is 66.5 Å². The molecular weight excluding hydrogens is 326 g/mol. The van der Waals surface area contributed by atoms with E-state index in [2.05, 4.69) is 22.0 Å². The van der Waals surface area contributed by atoms with Gasteiger partial charge >= 0.3 is 0 Å². The molecule has 132 valence electrons. The number of ether oxygens (including phenoxy) is 1. The molecular formula is C21H21N3O2. The van der Waals surface area contributed by atoms with Gasteiger partial charge in [0.05, 0.1) is 7.11 Å². The van der Waals surface area contributed by atoms with E-state index in [1.165, 1.54) is 0 Å². The average Bonchev–Trinajstić information content (AvgIpc) is 2.73. The van der Waals surface area contributed by atoms with Crippen LogP contribution in [0, 0.1) is 0 Å². The van der Waals surface area contributed by atoms with Gasteiger partial charge in [-0.1, -0.05) is 12.1 Å². The molecule has 0 unspecified atom stereocenters. The Labute approximate surface area is 152 Å². The molecule has 0 bridgehead atoms. The molecule has 1 amide bonds. The van der Waals surface area contributed by atoms with Crippen LogP contribution in [-0.4, -0.2) is 49.1 Å². The van der Waals surface area contributed by atoms with Gasteiger partial charge in [-0.3, -0.25) is 9.78 Å². The lowest BCUT2D eigenvalue weighted by Crippen LogP contribution is -2.48. The summed E-state index contributed by atoms with van der Waals surface area (Å²) in [6.45, 7) is 3.06. The number of amides is 1. The number of benzene rings is 2. The number of piperazine rings is 1. The number of aromatic nitrogens is 1. The lowest BCUT2D eigenvalue weighted by molar-refractivity contribution is 0.0749. The number of fused-ring (bicyclic) bond motifs is 1. The zero-order valence-electron chi connectivity index (χ0n) is 14.8. The van der Waals surface area contributed by atoms with Crippen LogP contribution in [0.25, 0.3) is 10.8 Å². The highest BCUT2D eigenvalue weighted by molar-refractivity contribution is 6.06. The number of methoxy groups -OCH3 is 1. The van der Waals surface area contributed by atoms with E-state index >= 15 is 0 Å². The van der Waals surface area contributed by atoms with E-state index in [9.17, 15) is 4.79 Å². The van der Waals surface area contributed by atoms with Gasteiger partial charge in [-0.25, -0.2) is 0 Å². The Kier molecular flexibility index (Phi) is 4.44. The summed E-state index contributed by atoms with van der Waals surface area (Å²) in [6.07, 6.45) is 3.53. The Morgan fingerprint density at radius 3 is 2.50 bits per heavy atom. The number of rotatable bonds is 3. The van der Waals surface area contributed by atoms with Gasteiger partial charge in [-0.15, -0.1) is 0 Å². The van der Waals surface area contributed by atoms with Crippen molar-refractivity contribution < 1.29 is 9.53 Å². The highest BCUT2D eigenvalue weighted by Crippen LogP contribution is 2.23. The third-order valence-corrected chi connectivity index (χ3v) is 4.92. The molecule has 0 N–H and O–H groups in total. The van der Waals surface area contributed by atoms with Crippen molar-refractivity contribution in [1.29, 1.82) is 0 Å². The van der Waals surface area contributed by atoms with Gasteiger partial charge in [0.25, 0.3) is 5.91 Å². The largest absolute Gasteiger partial charge is 0.497 e. The topological polar surface area (TPSA) is 45.7 Å². The third-order valence-electron chi connectivity index (χ3n) is 4.92. The van der Waals surface area contributed by atoms with E-state index in [1.807, 2.05) is 41.3 Å². The van der Waals surface area contributed by atoms with Crippen molar-refractivity contribution in [1.82, 2.24) is 9.88 Å². The van der Waals surface area contributed by atoms with E-state index < -0.39 is 0 Å². The van der Waals surface area contributed by atoms with E-state index in [0.29, 0.717) is 13.1 Å². The first-order valence-electron chi connectivity index (χ1n) is 8.77. The molecule has 0 atom stereocenters. The molecule has 5 heteroatoms. The summed E-state index contributed by atoms with van der Waals surface area (Å²) < 4.78 is 5.21. The fourth-order valence-corrected chi connectivity index (χ4v) is 3.43. The monoisotopic (exact) mass is 347 g/mol. The molecule has 1 aliphatic heterocycles. The standard InChI is InChI=1S/C21H21N3O2/c1-26-18-7-5-17(6-8-18)23-11-13-24(14-12-23)21(25)19-4-2-3-16-9-10-22-15-20(16)19/h2-10,15H,11-14H2,1H3. The van der Waals surface area contributed by atoms with Crippen molar-refractivity contribution in [2.75, 3.05) is 38.2 Å². The molecule has 1 fully saturated rings. The summed E-state index contributed by atoms with van der Waals surface area (Å²) in [7, 11) is 1.67. The maximum atomic E-state index is 13.0. The molecule has 0 spiro atoms. The SMILES string of the molecule is COc1ccc(N2CCN(C(=O)c3cccc4ccncc34)CC2)cc1. The van der Waals surface area contributed by atoms with Gasteiger partial charge in [0.1, 0.15) is 5.75 Å². The quantitative estimate of drug-likeness (QED) is 0.730. The van der Waals surface area contributed by atoms with Crippen LogP contribution < -0.4 is 9.64 Å². The summed E-state index contributed by atoms with van der Waals surface area (Å²) in [5.41, 5.74) is 1.89. The molecule has 4 rings (SSSR count). The molecule has 0 saturated carbocycles. The van der Waals surface area contributed by atoms with Gasteiger partial charge in [-0.05, 0) is 41.8 Å². The lowest BCUT2D eigenvalue weighted by Gasteiger charge is -2.36. The summed E-state index contributed by atoms with van der Waals surface area (Å²) in [6, 6.07) is 15.8. The van der Waals surface area contributed by atoms with Gasteiger partial charge < -0.3 is 14.5 Å². The lowest BCUT2D eigenvalue weighted by atomic mass is 10.1. The Morgan fingerprint density at radius 2 is 1.77 bits per heavy atom. The van der Waals surface area contributed by atoms with Gasteiger partial charge in [0, 0.05) is 55.2 Å². The molecule has 5 nitrogen and oxygen atoms in total. The zero-order valence-corrected chi connectivity index (χ0v) is 14.8. The van der Waals surface area contributed by atoms with Crippen molar-refractivity contribution >= 4 is 22.4 Å². The third kappa shape index (κ3) is 3.08. The maximum Gasteiger partial charge on any atom is 0.254 e. The van der Waals surface area contributed by atoms with Gasteiger partial charge in [0.15, 0.2) is 0 Å². The van der Waals surface area contributed by atoms with Gasteiger partial charge in [-0.2, -0.15) is 0 Å². The minimum atomic E-state index is 0.0815. The van der Waals surface area contributed by atoms with Crippen LogP contribution in [0.5, 0.6) is 5.75 Å². The van der Waals surface area contributed by atoms with Crippen LogP contribution in [0.15, 0.2) is 60.9 Å². The Morgan fingerprint density at radius 1 is 1.00 bits per heavy atom. The molecule has 2 heterocycles. The Balaban J connectivity index is 1.48. The number of carbonyl (C=O) groups is 1. The van der Waals surface area contributed by atoms with E-state index in [1.54, 1.807) is 19.5 Å². The minimum absolute atomic E-state index is 0.0815. The number of hydrogen-bond acceptors (Lipinski definition) is 4. The predicted molar refractivity (Wildman–Crippen MR) is 103 cm³/mol. The van der Waals surface area contributed by atoms with Gasteiger partial charge in [0.2, 0.25) is 0 Å². The molecule has 1 aliphatic rings. The second kappa shape index (κ2) is 7.04. The highest BCUT2D eigenvalue weighted by atomic mass is 16.5. The number of pyridine rings is 1. The number of nitrogens with zero attached hydrogens (tertiary/aromatic N) is 3. The number of anilines is 1. The first-order chi connectivity index (χ1) is 12.8. The van der Waals surface area contributed by atoms with E-state index in [4.69, 9.17) is 4.74 Å². The summed E-state index contributed by atoms with van der Waals surface area (Å²) in [5.74, 6) is 0.935. The molecule has 3 aromatic rings. The smallest absolute Gasteiger partial charge is 0.254 e. The van der Waals surface area contributed by atoms with Crippen LogP contribution in [0.1, 0.15) is 10.4 Å². The van der Waals surface area contributed by atoms with Crippen LogP contribution in [-0.2, 0) is 0 Å². The van der Waals surface area contributed by atoms with Crippen molar-refractivity contribution in [2.24, 2.45) is 0 Å². The second-order valence-corrected chi connectivity index (χ2v) is 6.38. The fraction of sp³-hybridized carbons (Fsp3) is 0.238. The van der Waals surface area contributed by atoms with Crippen molar-refractivity contribution in [3.8, 4) is 5.75 Å². The fourth-order valence-electron chi connectivity index (χ4n) is 3.43. The minimum Gasteiger partial charge on any atom is -0.497 e. The highest BCUT2D eigenvalue weighted by Gasteiger charge is 2.23. The van der Waals surface area contributed by atoms with Crippen molar-refractivity contribution in [3.63, 3.8) is 0 Å².